The summed E-state index contributed by atoms with van der Waals surface area (Å²) < 4.78 is 34.1. The summed E-state index contributed by atoms with van der Waals surface area (Å²) in [4.78, 5) is 12.1. The van der Waals surface area contributed by atoms with Crippen molar-refractivity contribution in [1.29, 1.82) is 5.26 Å². The summed E-state index contributed by atoms with van der Waals surface area (Å²) in [6.45, 7) is 5.03. The molecule has 0 bridgehead atoms. The number of halogens is 3. The van der Waals surface area contributed by atoms with Crippen LogP contribution in [0.5, 0.6) is 5.75 Å². The van der Waals surface area contributed by atoms with Gasteiger partial charge in [-0.3, -0.25) is 9.93 Å². The molecular formula is C23H23Cl3N4O5S2. The van der Waals surface area contributed by atoms with Gasteiger partial charge in [0.25, 0.3) is 5.91 Å². The van der Waals surface area contributed by atoms with E-state index in [9.17, 15) is 13.2 Å². The number of anilines is 1. The number of carbonyl (C=O) groups is 1. The van der Waals surface area contributed by atoms with Gasteiger partial charge in [-0.05, 0) is 48.9 Å². The molecule has 0 heterocycles. The lowest BCUT2D eigenvalue weighted by Gasteiger charge is -2.13. The number of allylic oxidation sites excluding steroid dienone is 3. The minimum Gasteiger partial charge on any atom is -0.484 e. The number of sulfonamides is 1. The van der Waals surface area contributed by atoms with Crippen LogP contribution in [0.1, 0.15) is 18.9 Å². The predicted octanol–water partition coefficient (Wildman–Crippen LogP) is 5.27. The van der Waals surface area contributed by atoms with Gasteiger partial charge in [-0.15, -0.1) is 12.8 Å². The summed E-state index contributed by atoms with van der Waals surface area (Å²) in [6.07, 6.45) is 3.22. The lowest BCUT2D eigenvalue weighted by atomic mass is 10.2. The molecule has 198 valence electrons. The Hall–Kier alpha value is -2.69. The first-order chi connectivity index (χ1) is 17.5. The van der Waals surface area contributed by atoms with E-state index in [4.69, 9.17) is 54.7 Å². The summed E-state index contributed by atoms with van der Waals surface area (Å²) in [7, 11) is -3.94. The second-order valence-electron chi connectivity index (χ2n) is 6.79. The van der Waals surface area contributed by atoms with Crippen LogP contribution in [0.4, 0.5) is 5.69 Å². The fraction of sp³-hybridized carbons (Fsp3) is 0.130. The number of primary sulfonamides is 1. The van der Waals surface area contributed by atoms with Gasteiger partial charge in [-0.25, -0.2) is 13.6 Å². The third kappa shape index (κ3) is 10.7. The van der Waals surface area contributed by atoms with Crippen molar-refractivity contribution >= 4 is 69.2 Å². The van der Waals surface area contributed by atoms with Gasteiger partial charge < -0.3 is 14.8 Å². The molecule has 37 heavy (non-hydrogen) atoms. The summed E-state index contributed by atoms with van der Waals surface area (Å²) in [5, 5.41) is 21.5. The Kier molecular flexibility index (Phi) is 13.6. The van der Waals surface area contributed by atoms with Gasteiger partial charge in [0, 0.05) is 11.1 Å². The first-order valence-corrected chi connectivity index (χ1v) is 13.3. The normalized spacial score (nSPS) is 11.8. The molecule has 1 amide bonds. The fourth-order valence-corrected chi connectivity index (χ4v) is 3.70. The number of hydrogen-bond donors (Lipinski definition) is 4. The second kappa shape index (κ2) is 15.5. The van der Waals surface area contributed by atoms with Crippen LogP contribution in [0.2, 0.25) is 10.0 Å². The first-order valence-electron chi connectivity index (χ1n) is 10.1. The largest absolute Gasteiger partial charge is 0.484 e. The zero-order chi connectivity index (χ0) is 28.2. The van der Waals surface area contributed by atoms with Gasteiger partial charge in [0.2, 0.25) is 10.0 Å². The standard InChI is InChI=1S/C23H20Cl3N3O5S.H3NS/c1-3-16(10-22(19(25)4-2)34-17-8-14(12-27)7-15(24)9-17)33-13-23(30)29-21-6-5-18(11-20(21)26)35(28,31)32;1-2/h3,5-11H,1,4,13H2,2H3,(H,29,30)(H2,28,31,32);2H,1H2/b16-10+,22-19-;. The van der Waals surface area contributed by atoms with Crippen molar-refractivity contribution in [2.75, 3.05) is 11.9 Å². The monoisotopic (exact) mass is 604 g/mol. The molecule has 0 spiro atoms. The Morgan fingerprint density at radius 1 is 1.24 bits per heavy atom. The quantitative estimate of drug-likeness (QED) is 0.163. The van der Waals surface area contributed by atoms with E-state index in [0.717, 1.165) is 6.07 Å². The second-order valence-corrected chi connectivity index (χ2v) is 9.65. The van der Waals surface area contributed by atoms with Crippen LogP contribution in [0.15, 0.2) is 76.6 Å². The number of thiol groups is 1. The van der Waals surface area contributed by atoms with E-state index in [-0.39, 0.29) is 32.9 Å². The van der Waals surface area contributed by atoms with Crippen molar-refractivity contribution in [1.82, 2.24) is 0 Å². The van der Waals surface area contributed by atoms with E-state index in [1.165, 1.54) is 42.5 Å². The SMILES string of the molecule is C=C/C(=C\C(Oc1cc(Cl)cc(C#N)c1)=C(\Cl)CC)OCC(=O)Nc1ccc(S(N)(=O)=O)cc1Cl.NS. The number of amides is 1. The van der Waals surface area contributed by atoms with Crippen LogP contribution in [-0.2, 0) is 19.6 Å². The Morgan fingerprint density at radius 2 is 1.92 bits per heavy atom. The molecule has 0 aliphatic rings. The maximum absolute atomic E-state index is 12.3. The van der Waals surface area contributed by atoms with Crippen LogP contribution in [-0.4, -0.2) is 20.9 Å². The maximum Gasteiger partial charge on any atom is 0.262 e. The van der Waals surface area contributed by atoms with E-state index >= 15 is 0 Å². The Labute approximate surface area is 235 Å². The Bertz CT molecular complexity index is 1360. The van der Waals surface area contributed by atoms with Gasteiger partial charge in [0.15, 0.2) is 6.61 Å². The van der Waals surface area contributed by atoms with E-state index < -0.39 is 22.5 Å². The topological polar surface area (TPSA) is 158 Å². The number of nitrogens with zero attached hydrogens (tertiary/aromatic N) is 1. The van der Waals surface area contributed by atoms with E-state index in [0.29, 0.717) is 22.0 Å². The summed E-state index contributed by atoms with van der Waals surface area (Å²) in [5.74, 6) is 0.0763. The molecule has 14 heteroatoms. The number of nitriles is 1. The van der Waals surface area contributed by atoms with Crippen molar-refractivity contribution in [3.05, 3.63) is 87.3 Å². The van der Waals surface area contributed by atoms with Gasteiger partial charge in [-0.2, -0.15) is 5.26 Å². The molecule has 0 aliphatic carbocycles. The molecule has 0 radical (unpaired) electrons. The smallest absolute Gasteiger partial charge is 0.262 e. The Balaban J connectivity index is 0.00000334. The zero-order valence-corrected chi connectivity index (χ0v) is 23.4. The lowest BCUT2D eigenvalue weighted by molar-refractivity contribution is -0.119. The number of hydrogen-bond acceptors (Lipinski definition) is 8. The first kappa shape index (κ1) is 32.3. The van der Waals surface area contributed by atoms with Crippen LogP contribution >= 0.6 is 47.6 Å². The highest BCUT2D eigenvalue weighted by Gasteiger charge is 2.13. The van der Waals surface area contributed by atoms with E-state index in [1.54, 1.807) is 0 Å². The number of ether oxygens (including phenoxy) is 2. The molecule has 5 N–H and O–H groups in total. The minimum atomic E-state index is -3.94. The van der Waals surface area contributed by atoms with Crippen LogP contribution in [0.3, 0.4) is 0 Å². The minimum absolute atomic E-state index is 0.0176. The number of nitrogens with one attached hydrogen (secondary N) is 1. The molecule has 0 atom stereocenters. The number of carbonyl (C=O) groups excluding carboxylic acids is 1. The number of rotatable bonds is 10. The van der Waals surface area contributed by atoms with Gasteiger partial charge >= 0.3 is 0 Å². The molecule has 0 saturated heterocycles. The highest BCUT2D eigenvalue weighted by atomic mass is 35.5. The highest BCUT2D eigenvalue weighted by Crippen LogP contribution is 2.27. The number of nitrogens with two attached hydrogens (primary N) is 2. The van der Waals surface area contributed by atoms with Crippen LogP contribution in [0.25, 0.3) is 0 Å². The highest BCUT2D eigenvalue weighted by molar-refractivity contribution is 7.89. The predicted molar refractivity (Wildman–Crippen MR) is 149 cm³/mol. The summed E-state index contributed by atoms with van der Waals surface area (Å²) >= 11 is 21.4. The van der Waals surface area contributed by atoms with Crippen molar-refractivity contribution in [2.24, 2.45) is 10.3 Å². The van der Waals surface area contributed by atoms with Crippen LogP contribution < -0.4 is 20.3 Å². The molecule has 0 fully saturated rings. The average molecular weight is 606 g/mol. The average Bonchev–Trinajstić information content (AvgIpc) is 2.86. The van der Waals surface area contributed by atoms with Crippen molar-refractivity contribution in [3.63, 3.8) is 0 Å². The molecule has 2 aromatic rings. The molecule has 9 nitrogen and oxygen atoms in total. The molecular weight excluding hydrogens is 583 g/mol. The van der Waals surface area contributed by atoms with Gasteiger partial charge in [0.05, 0.1) is 32.3 Å². The summed E-state index contributed by atoms with van der Waals surface area (Å²) in [6, 6.07) is 10.1. The molecule has 0 aromatic heterocycles. The third-order valence-electron chi connectivity index (χ3n) is 4.19. The molecule has 0 saturated carbocycles. The summed E-state index contributed by atoms with van der Waals surface area (Å²) in [5.41, 5.74) is 0.472. The number of benzene rings is 2. The van der Waals surface area contributed by atoms with Crippen molar-refractivity contribution in [2.45, 2.75) is 18.2 Å². The van der Waals surface area contributed by atoms with E-state index in [2.05, 4.69) is 29.8 Å². The zero-order valence-electron chi connectivity index (χ0n) is 19.4. The molecule has 0 unspecified atom stereocenters. The Morgan fingerprint density at radius 3 is 2.46 bits per heavy atom. The lowest BCUT2D eigenvalue weighted by Crippen LogP contribution is -2.18. The van der Waals surface area contributed by atoms with Crippen molar-refractivity contribution in [3.8, 4) is 11.8 Å². The third-order valence-corrected chi connectivity index (χ3v) is 6.09. The van der Waals surface area contributed by atoms with Crippen LogP contribution in [0, 0.1) is 11.3 Å². The molecule has 2 rings (SSSR count). The molecule has 0 aliphatic heterocycles. The van der Waals surface area contributed by atoms with Crippen molar-refractivity contribution < 1.29 is 22.7 Å². The van der Waals surface area contributed by atoms with E-state index in [1.807, 2.05) is 13.0 Å². The van der Waals surface area contributed by atoms with Gasteiger partial charge in [-0.1, -0.05) is 48.3 Å². The molecule has 2 aromatic carbocycles. The maximum atomic E-state index is 12.3. The fourth-order valence-electron chi connectivity index (χ4n) is 2.55. The van der Waals surface area contributed by atoms with Gasteiger partial charge in [0.1, 0.15) is 17.3 Å².